The van der Waals surface area contributed by atoms with E-state index in [1.165, 1.54) is 26.9 Å². The van der Waals surface area contributed by atoms with Crippen molar-refractivity contribution < 1.29 is 0 Å². The molecule has 0 amide bonds. The second kappa shape index (κ2) is 3.83. The number of fused-ring (bicyclic) bond motifs is 4. The van der Waals surface area contributed by atoms with Crippen LogP contribution in [-0.4, -0.2) is 0 Å². The third-order valence-corrected chi connectivity index (χ3v) is 3.76. The highest BCUT2D eigenvalue weighted by Crippen LogP contribution is 2.31. The molecule has 0 heterocycles. The first-order chi connectivity index (χ1) is 9.33. The van der Waals surface area contributed by atoms with E-state index in [1.54, 1.807) is 0 Å². The lowest BCUT2D eigenvalue weighted by Crippen LogP contribution is -1.82. The van der Waals surface area contributed by atoms with E-state index < -0.39 is 0 Å². The molecular formula is C19H12. The molecule has 0 spiro atoms. The monoisotopic (exact) mass is 240 g/mol. The van der Waals surface area contributed by atoms with Gasteiger partial charge in [-0.3, -0.25) is 0 Å². The van der Waals surface area contributed by atoms with Crippen LogP contribution in [0.4, 0.5) is 0 Å². The van der Waals surface area contributed by atoms with Crippen LogP contribution in [0.15, 0.2) is 66.7 Å². The summed E-state index contributed by atoms with van der Waals surface area (Å²) in [5, 5.41) is 7.35. The molecular weight excluding hydrogens is 228 g/mol. The third-order valence-electron chi connectivity index (χ3n) is 3.76. The number of hydrogen-bond acceptors (Lipinski definition) is 0. The lowest BCUT2D eigenvalue weighted by molar-refractivity contribution is 1.70. The summed E-state index contributed by atoms with van der Waals surface area (Å²) >= 11 is 0. The van der Waals surface area contributed by atoms with Gasteiger partial charge < -0.3 is 0 Å². The molecule has 0 fully saturated rings. The molecule has 0 N–H and O–H groups in total. The number of hydrogen-bond donors (Lipinski definition) is 0. The van der Waals surface area contributed by atoms with Gasteiger partial charge in [-0.15, -0.1) is 0 Å². The average Bonchev–Trinajstić information content (AvgIpc) is 2.45. The average molecular weight is 240 g/mol. The summed E-state index contributed by atoms with van der Waals surface area (Å²) in [5.41, 5.74) is 0.846. The van der Waals surface area contributed by atoms with E-state index in [4.69, 9.17) is 6.92 Å². The largest absolute Gasteiger partial charge is 0.0616 e. The highest BCUT2D eigenvalue weighted by molar-refractivity contribution is 6.13. The van der Waals surface area contributed by atoms with Crippen LogP contribution < -0.4 is 0 Å². The first kappa shape index (κ1) is 10.6. The van der Waals surface area contributed by atoms with Crippen LogP contribution in [0.25, 0.3) is 32.3 Å². The number of rotatable bonds is 0. The molecule has 0 heteroatoms. The second-order valence-corrected chi connectivity index (χ2v) is 4.93. The van der Waals surface area contributed by atoms with Crippen molar-refractivity contribution in [3.05, 3.63) is 79.2 Å². The Kier molecular flexibility index (Phi) is 2.13. The molecule has 0 aliphatic heterocycles. The Balaban J connectivity index is 2.29. The first-order valence-corrected chi connectivity index (χ1v) is 6.43. The van der Waals surface area contributed by atoms with E-state index in [-0.39, 0.29) is 0 Å². The fraction of sp³-hybridized carbons (Fsp3) is 0. The highest BCUT2D eigenvalue weighted by atomic mass is 14.1. The van der Waals surface area contributed by atoms with E-state index in [1.807, 2.05) is 12.1 Å². The number of benzene rings is 4. The van der Waals surface area contributed by atoms with E-state index in [2.05, 4.69) is 54.6 Å². The molecule has 4 aromatic carbocycles. The Morgan fingerprint density at radius 3 is 2.11 bits per heavy atom. The predicted octanol–water partition coefficient (Wildman–Crippen LogP) is 5.21. The molecule has 19 heavy (non-hydrogen) atoms. The molecule has 88 valence electrons. The van der Waals surface area contributed by atoms with E-state index in [0.717, 1.165) is 10.9 Å². The molecule has 0 aromatic heterocycles. The summed E-state index contributed by atoms with van der Waals surface area (Å²) in [5.74, 6) is 0. The fourth-order valence-electron chi connectivity index (χ4n) is 2.83. The summed E-state index contributed by atoms with van der Waals surface area (Å²) in [6.45, 7) is 6.17. The Morgan fingerprint density at radius 2 is 1.26 bits per heavy atom. The van der Waals surface area contributed by atoms with E-state index in [9.17, 15) is 0 Å². The maximum atomic E-state index is 6.17. The fourth-order valence-corrected chi connectivity index (χ4v) is 2.83. The topological polar surface area (TPSA) is 0 Å². The molecule has 0 atom stereocenters. The van der Waals surface area contributed by atoms with E-state index in [0.29, 0.717) is 0 Å². The molecule has 0 aliphatic carbocycles. The molecule has 2 radical (unpaired) electrons. The molecule has 0 saturated carbocycles. The zero-order chi connectivity index (χ0) is 12.8. The first-order valence-electron chi connectivity index (χ1n) is 6.43. The van der Waals surface area contributed by atoms with Crippen molar-refractivity contribution in [1.82, 2.24) is 0 Å². The minimum Gasteiger partial charge on any atom is -0.0616 e. The quantitative estimate of drug-likeness (QED) is 0.292. The van der Waals surface area contributed by atoms with Crippen LogP contribution in [0.1, 0.15) is 5.56 Å². The van der Waals surface area contributed by atoms with Crippen LogP contribution in [-0.2, 0) is 0 Å². The summed E-state index contributed by atoms with van der Waals surface area (Å²) in [7, 11) is 0. The van der Waals surface area contributed by atoms with Crippen LogP contribution in [0, 0.1) is 6.92 Å². The predicted molar refractivity (Wildman–Crippen MR) is 82.4 cm³/mol. The Bertz CT molecular complexity index is 917. The Morgan fingerprint density at radius 1 is 0.579 bits per heavy atom. The van der Waals surface area contributed by atoms with Crippen molar-refractivity contribution >= 4 is 32.3 Å². The zero-order valence-electron chi connectivity index (χ0n) is 10.4. The molecule has 4 rings (SSSR count). The van der Waals surface area contributed by atoms with Gasteiger partial charge >= 0.3 is 0 Å². The molecule has 0 unspecified atom stereocenters. The molecule has 0 saturated heterocycles. The van der Waals surface area contributed by atoms with Gasteiger partial charge in [0.2, 0.25) is 0 Å². The SMILES string of the molecule is [CH]c1cccc2ccc3cc4ccccc4cc3c12. The van der Waals surface area contributed by atoms with Gasteiger partial charge in [-0.05, 0) is 56.9 Å². The lowest BCUT2D eigenvalue weighted by Gasteiger charge is -2.08. The van der Waals surface area contributed by atoms with Gasteiger partial charge in [0.05, 0.1) is 0 Å². The summed E-state index contributed by atoms with van der Waals surface area (Å²) in [6, 6.07) is 23.3. The molecule has 0 bridgehead atoms. The van der Waals surface area contributed by atoms with Crippen LogP contribution in [0.2, 0.25) is 0 Å². The summed E-state index contributed by atoms with van der Waals surface area (Å²) in [6.07, 6.45) is 0. The standard InChI is InChI=1S/C19H12/c1-13-5-4-8-14-9-10-17-11-15-6-2-3-7-16(15)12-18(17)19(13)14/h1-12H. The third kappa shape index (κ3) is 1.53. The second-order valence-electron chi connectivity index (χ2n) is 4.93. The van der Waals surface area contributed by atoms with Gasteiger partial charge in [-0.25, -0.2) is 0 Å². The lowest BCUT2D eigenvalue weighted by atomic mass is 9.96. The minimum absolute atomic E-state index is 0.846. The zero-order valence-corrected chi connectivity index (χ0v) is 10.4. The van der Waals surface area contributed by atoms with Crippen molar-refractivity contribution in [2.45, 2.75) is 0 Å². The van der Waals surface area contributed by atoms with Crippen molar-refractivity contribution in [2.75, 3.05) is 0 Å². The van der Waals surface area contributed by atoms with Gasteiger partial charge in [0.1, 0.15) is 0 Å². The highest BCUT2D eigenvalue weighted by Gasteiger charge is 2.04. The Labute approximate surface area is 112 Å². The maximum absolute atomic E-state index is 6.17. The minimum atomic E-state index is 0.846. The van der Waals surface area contributed by atoms with Gasteiger partial charge in [0.25, 0.3) is 0 Å². The van der Waals surface area contributed by atoms with Crippen LogP contribution >= 0.6 is 0 Å². The molecule has 4 aromatic rings. The normalized spacial score (nSPS) is 11.4. The Hall–Kier alpha value is -2.34. The van der Waals surface area contributed by atoms with Gasteiger partial charge in [0.15, 0.2) is 0 Å². The smallest absolute Gasteiger partial charge is 0.000522 e. The van der Waals surface area contributed by atoms with Crippen LogP contribution in [0.3, 0.4) is 0 Å². The molecule has 0 nitrogen and oxygen atoms in total. The van der Waals surface area contributed by atoms with Crippen molar-refractivity contribution in [3.8, 4) is 0 Å². The van der Waals surface area contributed by atoms with Gasteiger partial charge in [-0.2, -0.15) is 0 Å². The maximum Gasteiger partial charge on any atom is -0.000522 e. The van der Waals surface area contributed by atoms with Gasteiger partial charge in [0, 0.05) is 0 Å². The van der Waals surface area contributed by atoms with Crippen LogP contribution in [0.5, 0.6) is 0 Å². The summed E-state index contributed by atoms with van der Waals surface area (Å²) in [4.78, 5) is 0. The van der Waals surface area contributed by atoms with Crippen molar-refractivity contribution in [3.63, 3.8) is 0 Å². The van der Waals surface area contributed by atoms with E-state index >= 15 is 0 Å². The van der Waals surface area contributed by atoms with Crippen molar-refractivity contribution in [1.29, 1.82) is 0 Å². The van der Waals surface area contributed by atoms with Gasteiger partial charge in [-0.1, -0.05) is 54.6 Å². The van der Waals surface area contributed by atoms with Crippen molar-refractivity contribution in [2.24, 2.45) is 0 Å². The summed E-state index contributed by atoms with van der Waals surface area (Å²) < 4.78 is 0. The molecule has 0 aliphatic rings.